The molecular weight excluding hydrogens is 358 g/mol. The first-order chi connectivity index (χ1) is 11.1. The molecule has 0 spiro atoms. The molecule has 23 heavy (non-hydrogen) atoms. The Bertz CT molecular complexity index is 656. The van der Waals surface area contributed by atoms with Gasteiger partial charge in [0.25, 0.3) is 5.91 Å². The van der Waals surface area contributed by atoms with Gasteiger partial charge >= 0.3 is 0 Å². The fourth-order valence-electron chi connectivity index (χ4n) is 1.98. The minimum Gasteiger partial charge on any atom is -0.494 e. The molecule has 0 bridgehead atoms. The molecule has 0 atom stereocenters. The van der Waals surface area contributed by atoms with Gasteiger partial charge in [-0.3, -0.25) is 4.79 Å². The lowest BCUT2D eigenvalue weighted by molar-refractivity contribution is 0.102. The molecule has 5 heteroatoms. The SMILES string of the molecule is CCCOc1ccc(C(=O)Nc2ccc(OCC)cc2)cc1Br. The van der Waals surface area contributed by atoms with Crippen molar-refractivity contribution in [2.75, 3.05) is 18.5 Å². The Labute approximate surface area is 144 Å². The van der Waals surface area contributed by atoms with Crippen LogP contribution in [0.25, 0.3) is 0 Å². The van der Waals surface area contributed by atoms with Gasteiger partial charge < -0.3 is 14.8 Å². The maximum atomic E-state index is 12.3. The van der Waals surface area contributed by atoms with Gasteiger partial charge in [0, 0.05) is 11.3 Å². The predicted molar refractivity (Wildman–Crippen MR) is 95.5 cm³/mol. The Kier molecular flexibility index (Phi) is 6.47. The van der Waals surface area contributed by atoms with Crippen molar-refractivity contribution in [3.05, 3.63) is 52.5 Å². The number of carbonyl (C=O) groups is 1. The number of benzene rings is 2. The van der Waals surface area contributed by atoms with Crippen LogP contribution in [-0.4, -0.2) is 19.1 Å². The molecule has 0 radical (unpaired) electrons. The summed E-state index contributed by atoms with van der Waals surface area (Å²) in [5.41, 5.74) is 1.29. The summed E-state index contributed by atoms with van der Waals surface area (Å²) in [5.74, 6) is 1.35. The Morgan fingerprint density at radius 3 is 2.43 bits per heavy atom. The van der Waals surface area contributed by atoms with Crippen molar-refractivity contribution in [1.82, 2.24) is 0 Å². The summed E-state index contributed by atoms with van der Waals surface area (Å²) in [7, 11) is 0. The van der Waals surface area contributed by atoms with Crippen LogP contribution in [0, 0.1) is 0 Å². The van der Waals surface area contributed by atoms with Crippen LogP contribution in [0.4, 0.5) is 5.69 Å². The first-order valence-corrected chi connectivity index (χ1v) is 8.40. The molecule has 0 unspecified atom stereocenters. The van der Waals surface area contributed by atoms with Crippen LogP contribution in [0.1, 0.15) is 30.6 Å². The number of hydrogen-bond acceptors (Lipinski definition) is 3. The summed E-state index contributed by atoms with van der Waals surface area (Å²) < 4.78 is 11.7. The van der Waals surface area contributed by atoms with Crippen LogP contribution < -0.4 is 14.8 Å². The molecule has 0 aliphatic carbocycles. The maximum absolute atomic E-state index is 12.3. The first-order valence-electron chi connectivity index (χ1n) is 7.60. The lowest BCUT2D eigenvalue weighted by Gasteiger charge is -2.10. The van der Waals surface area contributed by atoms with Crippen molar-refractivity contribution in [1.29, 1.82) is 0 Å². The van der Waals surface area contributed by atoms with Gasteiger partial charge in [-0.05, 0) is 71.7 Å². The van der Waals surface area contributed by atoms with Gasteiger partial charge in [0.1, 0.15) is 11.5 Å². The molecule has 0 saturated heterocycles. The van der Waals surface area contributed by atoms with Crippen molar-refractivity contribution in [2.24, 2.45) is 0 Å². The number of anilines is 1. The zero-order valence-corrected chi connectivity index (χ0v) is 14.9. The number of carbonyl (C=O) groups excluding carboxylic acids is 1. The summed E-state index contributed by atoms with van der Waals surface area (Å²) in [6.07, 6.45) is 0.937. The van der Waals surface area contributed by atoms with Gasteiger partial charge in [-0.1, -0.05) is 6.92 Å². The molecule has 2 aromatic rings. The lowest BCUT2D eigenvalue weighted by Crippen LogP contribution is -2.12. The second kappa shape index (κ2) is 8.58. The number of halogens is 1. The average Bonchev–Trinajstić information content (AvgIpc) is 2.55. The second-order valence-electron chi connectivity index (χ2n) is 4.91. The molecule has 0 saturated carbocycles. The van der Waals surface area contributed by atoms with Crippen molar-refractivity contribution in [3.8, 4) is 11.5 Å². The van der Waals surface area contributed by atoms with Crippen LogP contribution in [-0.2, 0) is 0 Å². The smallest absolute Gasteiger partial charge is 0.255 e. The topological polar surface area (TPSA) is 47.6 Å². The third kappa shape index (κ3) is 4.99. The standard InChI is InChI=1S/C18H20BrNO3/c1-3-11-23-17-10-5-13(12-16(17)19)18(21)20-14-6-8-15(9-7-14)22-4-2/h5-10,12H,3-4,11H2,1-2H3,(H,20,21). The molecule has 0 fully saturated rings. The van der Waals surface area contributed by atoms with E-state index in [4.69, 9.17) is 9.47 Å². The summed E-state index contributed by atoms with van der Waals surface area (Å²) in [6.45, 7) is 5.25. The van der Waals surface area contributed by atoms with E-state index in [1.165, 1.54) is 0 Å². The van der Waals surface area contributed by atoms with Gasteiger partial charge in [-0.25, -0.2) is 0 Å². The fraction of sp³-hybridized carbons (Fsp3) is 0.278. The van der Waals surface area contributed by atoms with Crippen molar-refractivity contribution in [2.45, 2.75) is 20.3 Å². The molecule has 0 aliphatic rings. The van der Waals surface area contributed by atoms with Crippen LogP contribution in [0.15, 0.2) is 46.9 Å². The number of nitrogens with one attached hydrogen (secondary N) is 1. The van der Waals surface area contributed by atoms with E-state index in [2.05, 4.69) is 21.2 Å². The molecule has 122 valence electrons. The molecule has 0 aromatic heterocycles. The van der Waals surface area contributed by atoms with E-state index in [9.17, 15) is 4.79 Å². The van der Waals surface area contributed by atoms with E-state index < -0.39 is 0 Å². The summed E-state index contributed by atoms with van der Waals surface area (Å²) in [6, 6.07) is 12.6. The van der Waals surface area contributed by atoms with Gasteiger partial charge in [-0.15, -0.1) is 0 Å². The van der Waals surface area contributed by atoms with E-state index in [0.29, 0.717) is 18.8 Å². The van der Waals surface area contributed by atoms with E-state index in [-0.39, 0.29) is 5.91 Å². The van der Waals surface area contributed by atoms with Crippen molar-refractivity contribution in [3.63, 3.8) is 0 Å². The maximum Gasteiger partial charge on any atom is 0.255 e. The normalized spacial score (nSPS) is 10.2. The third-order valence-electron chi connectivity index (χ3n) is 3.08. The Morgan fingerprint density at radius 2 is 1.83 bits per heavy atom. The van der Waals surface area contributed by atoms with Crippen LogP contribution in [0.2, 0.25) is 0 Å². The number of rotatable bonds is 7. The summed E-state index contributed by atoms with van der Waals surface area (Å²) >= 11 is 3.44. The minimum atomic E-state index is -0.170. The Balaban J connectivity index is 2.03. The highest BCUT2D eigenvalue weighted by molar-refractivity contribution is 9.10. The van der Waals surface area contributed by atoms with Crippen LogP contribution >= 0.6 is 15.9 Å². The van der Waals surface area contributed by atoms with Crippen LogP contribution in [0.3, 0.4) is 0 Å². The zero-order valence-electron chi connectivity index (χ0n) is 13.3. The van der Waals surface area contributed by atoms with E-state index in [0.717, 1.165) is 28.1 Å². The van der Waals surface area contributed by atoms with Gasteiger partial charge in [-0.2, -0.15) is 0 Å². The monoisotopic (exact) mass is 377 g/mol. The average molecular weight is 378 g/mol. The molecule has 1 amide bonds. The highest BCUT2D eigenvalue weighted by Gasteiger charge is 2.09. The predicted octanol–water partition coefficient (Wildman–Crippen LogP) is 4.89. The minimum absolute atomic E-state index is 0.170. The molecular formula is C18H20BrNO3. The molecule has 0 aliphatic heterocycles. The number of amides is 1. The van der Waals surface area contributed by atoms with Crippen LogP contribution in [0.5, 0.6) is 11.5 Å². The Hall–Kier alpha value is -2.01. The molecule has 2 rings (SSSR count). The highest BCUT2D eigenvalue weighted by Crippen LogP contribution is 2.26. The lowest BCUT2D eigenvalue weighted by atomic mass is 10.2. The first kappa shape index (κ1) is 17.3. The largest absolute Gasteiger partial charge is 0.494 e. The number of hydrogen-bond donors (Lipinski definition) is 1. The van der Waals surface area contributed by atoms with Crippen molar-refractivity contribution < 1.29 is 14.3 Å². The van der Waals surface area contributed by atoms with Gasteiger partial charge in [0.05, 0.1) is 17.7 Å². The number of ether oxygens (including phenoxy) is 2. The Morgan fingerprint density at radius 1 is 1.09 bits per heavy atom. The fourth-order valence-corrected chi connectivity index (χ4v) is 2.47. The highest BCUT2D eigenvalue weighted by atomic mass is 79.9. The van der Waals surface area contributed by atoms with E-state index >= 15 is 0 Å². The van der Waals surface area contributed by atoms with Gasteiger partial charge in [0.15, 0.2) is 0 Å². The zero-order chi connectivity index (χ0) is 16.7. The summed E-state index contributed by atoms with van der Waals surface area (Å²) in [4.78, 5) is 12.3. The van der Waals surface area contributed by atoms with E-state index in [1.807, 2.05) is 38.1 Å². The molecule has 0 heterocycles. The third-order valence-corrected chi connectivity index (χ3v) is 3.70. The van der Waals surface area contributed by atoms with Gasteiger partial charge in [0.2, 0.25) is 0 Å². The molecule has 4 nitrogen and oxygen atoms in total. The second-order valence-corrected chi connectivity index (χ2v) is 5.76. The van der Waals surface area contributed by atoms with E-state index in [1.54, 1.807) is 18.2 Å². The molecule has 1 N–H and O–H groups in total. The quantitative estimate of drug-likeness (QED) is 0.746. The summed E-state index contributed by atoms with van der Waals surface area (Å²) in [5, 5.41) is 2.86. The molecule has 2 aromatic carbocycles. The van der Waals surface area contributed by atoms with Crippen molar-refractivity contribution >= 4 is 27.5 Å².